The number of fused-ring (bicyclic) bond motifs is 1. The van der Waals surface area contributed by atoms with E-state index in [0.29, 0.717) is 0 Å². The summed E-state index contributed by atoms with van der Waals surface area (Å²) in [6.07, 6.45) is 4.99. The van der Waals surface area contributed by atoms with Gasteiger partial charge in [0.1, 0.15) is 0 Å². The fraction of sp³-hybridized carbons (Fsp3) is 0.312. The normalized spacial score (nSPS) is 14.4. The minimum Gasteiger partial charge on any atom is -0.212 e. The second kappa shape index (κ2) is 4.33. The molecule has 0 N–H and O–H groups in total. The maximum absolute atomic E-state index is 5.96. The molecule has 1 aromatic heterocycles. The van der Waals surface area contributed by atoms with E-state index in [4.69, 9.17) is 4.42 Å². The van der Waals surface area contributed by atoms with Crippen LogP contribution in [0.4, 0.5) is 0 Å². The van der Waals surface area contributed by atoms with Crippen LogP contribution in [0.15, 0.2) is 40.8 Å². The fourth-order valence-electron chi connectivity index (χ4n) is 2.65. The molecule has 1 heterocycles. The van der Waals surface area contributed by atoms with Gasteiger partial charge in [-0.15, -0.1) is 0 Å². The van der Waals surface area contributed by atoms with Crippen molar-refractivity contribution in [2.75, 3.05) is 0 Å². The molecule has 17 heavy (non-hydrogen) atoms. The molecular weight excluding hydrogens is 208 g/mol. The van der Waals surface area contributed by atoms with E-state index < -0.39 is 0 Å². The van der Waals surface area contributed by atoms with E-state index in [0.717, 1.165) is 11.5 Å². The number of hydrogen-bond acceptors (Lipinski definition) is 0. The van der Waals surface area contributed by atoms with E-state index in [1.165, 1.54) is 42.4 Å². The maximum Gasteiger partial charge on any atom is 0.360 e. The summed E-state index contributed by atoms with van der Waals surface area (Å²) in [4.78, 5) is 0. The van der Waals surface area contributed by atoms with E-state index in [1.807, 2.05) is 6.07 Å². The quantitative estimate of drug-likeness (QED) is 0.654. The Labute approximate surface area is 102 Å². The topological polar surface area (TPSA) is 11.3 Å². The van der Waals surface area contributed by atoms with Crippen molar-refractivity contribution >= 4 is 0 Å². The molecule has 0 amide bonds. The van der Waals surface area contributed by atoms with Gasteiger partial charge in [0, 0.05) is 6.07 Å². The lowest BCUT2D eigenvalue weighted by Gasteiger charge is -2.12. The van der Waals surface area contributed by atoms with Gasteiger partial charge in [-0.05, 0) is 43.4 Å². The van der Waals surface area contributed by atoms with Gasteiger partial charge in [-0.2, -0.15) is 0 Å². The van der Waals surface area contributed by atoms with E-state index in [-0.39, 0.29) is 0 Å². The van der Waals surface area contributed by atoms with Crippen molar-refractivity contribution < 1.29 is 4.42 Å². The molecule has 0 fully saturated rings. The van der Waals surface area contributed by atoms with Crippen LogP contribution in [0, 0.1) is 6.92 Å². The first-order chi connectivity index (χ1) is 8.34. The second-order valence-electron chi connectivity index (χ2n) is 4.74. The Morgan fingerprint density at radius 3 is 2.59 bits per heavy atom. The number of aryl methyl sites for hydroxylation is 2. The summed E-state index contributed by atoms with van der Waals surface area (Å²) in [6.45, 7) is 2.09. The Morgan fingerprint density at radius 2 is 1.76 bits per heavy atom. The molecule has 2 aromatic rings. The number of benzene rings is 1. The predicted octanol–water partition coefficient (Wildman–Crippen LogP) is 4.41. The van der Waals surface area contributed by atoms with Gasteiger partial charge in [-0.1, -0.05) is 18.2 Å². The molecule has 0 saturated carbocycles. The van der Waals surface area contributed by atoms with E-state index in [2.05, 4.69) is 37.3 Å². The van der Waals surface area contributed by atoms with Crippen molar-refractivity contribution in [3.05, 3.63) is 53.3 Å². The first-order valence-electron chi connectivity index (χ1n) is 6.35. The first-order valence-corrected chi connectivity index (χ1v) is 6.35. The first kappa shape index (κ1) is 10.5. The molecule has 86 valence electrons. The molecule has 0 radical (unpaired) electrons. The second-order valence-corrected chi connectivity index (χ2v) is 4.74. The van der Waals surface area contributed by atoms with Crippen molar-refractivity contribution in [1.82, 2.24) is 0 Å². The summed E-state index contributed by atoms with van der Waals surface area (Å²) >= 11 is 0. The standard InChI is InChI=1S/C16H17O/c1-12-15-10-6-5-9-14(15)11-16(17-12)13-7-3-2-4-8-13/h2-4,7-8,11H,5-6,9-10H2,1H3/q+1. The third kappa shape index (κ3) is 1.97. The van der Waals surface area contributed by atoms with Crippen LogP contribution in [0.25, 0.3) is 11.3 Å². The lowest BCUT2D eigenvalue weighted by molar-refractivity contribution is 0.507. The van der Waals surface area contributed by atoms with Crippen LogP contribution in [-0.4, -0.2) is 0 Å². The predicted molar refractivity (Wildman–Crippen MR) is 69.9 cm³/mol. The van der Waals surface area contributed by atoms with Gasteiger partial charge in [-0.3, -0.25) is 0 Å². The Bertz CT molecular complexity index is 529. The van der Waals surface area contributed by atoms with Gasteiger partial charge in [0.05, 0.1) is 18.1 Å². The van der Waals surface area contributed by atoms with Gasteiger partial charge < -0.3 is 0 Å². The molecule has 0 bridgehead atoms. The minimum absolute atomic E-state index is 1.00. The van der Waals surface area contributed by atoms with Gasteiger partial charge in [0.15, 0.2) is 0 Å². The molecule has 3 rings (SSSR count). The molecule has 1 nitrogen and oxygen atoms in total. The van der Waals surface area contributed by atoms with Gasteiger partial charge in [0.2, 0.25) is 0 Å². The van der Waals surface area contributed by atoms with Crippen LogP contribution in [0.2, 0.25) is 0 Å². The third-order valence-electron chi connectivity index (χ3n) is 3.56. The fourth-order valence-corrected chi connectivity index (χ4v) is 2.65. The Hall–Kier alpha value is -1.63. The highest BCUT2D eigenvalue weighted by atomic mass is 16.3. The Kier molecular flexibility index (Phi) is 2.68. The monoisotopic (exact) mass is 225 g/mol. The van der Waals surface area contributed by atoms with Crippen molar-refractivity contribution in [2.24, 2.45) is 0 Å². The number of rotatable bonds is 1. The molecule has 1 aromatic carbocycles. The SMILES string of the molecule is Cc1[o+]c(-c2ccccc2)cc2c1CCCC2. The summed E-state index contributed by atoms with van der Waals surface area (Å²) in [5.74, 6) is 2.10. The van der Waals surface area contributed by atoms with Gasteiger partial charge >= 0.3 is 11.5 Å². The van der Waals surface area contributed by atoms with Crippen LogP contribution in [0.1, 0.15) is 29.7 Å². The molecule has 1 heteroatoms. The Morgan fingerprint density at radius 1 is 1.00 bits per heavy atom. The summed E-state index contributed by atoms with van der Waals surface area (Å²) in [7, 11) is 0. The summed E-state index contributed by atoms with van der Waals surface area (Å²) in [5.41, 5.74) is 4.10. The minimum atomic E-state index is 1.00. The highest BCUT2D eigenvalue weighted by molar-refractivity contribution is 5.58. The molecule has 0 saturated heterocycles. The Balaban J connectivity index is 2.11. The zero-order valence-corrected chi connectivity index (χ0v) is 10.2. The van der Waals surface area contributed by atoms with E-state index in [1.54, 1.807) is 0 Å². The van der Waals surface area contributed by atoms with E-state index >= 15 is 0 Å². The smallest absolute Gasteiger partial charge is 0.212 e. The maximum atomic E-state index is 5.96. The highest BCUT2D eigenvalue weighted by Crippen LogP contribution is 2.30. The lowest BCUT2D eigenvalue weighted by atomic mass is 9.91. The van der Waals surface area contributed by atoms with Crippen molar-refractivity contribution in [1.29, 1.82) is 0 Å². The molecular formula is C16H17O+. The van der Waals surface area contributed by atoms with E-state index in [9.17, 15) is 0 Å². The van der Waals surface area contributed by atoms with Crippen LogP contribution in [0.5, 0.6) is 0 Å². The van der Waals surface area contributed by atoms with Crippen molar-refractivity contribution in [3.63, 3.8) is 0 Å². The molecule has 1 aliphatic carbocycles. The average molecular weight is 225 g/mol. The van der Waals surface area contributed by atoms with Crippen molar-refractivity contribution in [3.8, 4) is 11.3 Å². The van der Waals surface area contributed by atoms with Crippen molar-refractivity contribution in [2.45, 2.75) is 32.6 Å². The molecule has 0 unspecified atom stereocenters. The van der Waals surface area contributed by atoms with Gasteiger partial charge in [0.25, 0.3) is 0 Å². The van der Waals surface area contributed by atoms with Crippen LogP contribution < -0.4 is 0 Å². The molecule has 1 aliphatic rings. The van der Waals surface area contributed by atoms with Crippen LogP contribution in [0.3, 0.4) is 0 Å². The molecule has 0 spiro atoms. The largest absolute Gasteiger partial charge is 0.360 e. The van der Waals surface area contributed by atoms with Crippen LogP contribution in [-0.2, 0) is 12.8 Å². The molecule has 0 aliphatic heterocycles. The van der Waals surface area contributed by atoms with Crippen LogP contribution >= 0.6 is 0 Å². The molecule has 0 atom stereocenters. The summed E-state index contributed by atoms with van der Waals surface area (Å²) < 4.78 is 5.96. The lowest BCUT2D eigenvalue weighted by Crippen LogP contribution is -2.05. The average Bonchev–Trinajstić information content (AvgIpc) is 2.40. The van der Waals surface area contributed by atoms with Gasteiger partial charge in [-0.25, -0.2) is 4.42 Å². The zero-order chi connectivity index (χ0) is 11.7. The zero-order valence-electron chi connectivity index (χ0n) is 10.2. The highest BCUT2D eigenvalue weighted by Gasteiger charge is 2.23. The summed E-state index contributed by atoms with van der Waals surface area (Å²) in [5, 5.41) is 0. The third-order valence-corrected chi connectivity index (χ3v) is 3.56. The summed E-state index contributed by atoms with van der Waals surface area (Å²) in [6, 6.07) is 12.6. The number of hydrogen-bond donors (Lipinski definition) is 0.